The van der Waals surface area contributed by atoms with Gasteiger partial charge < -0.3 is 14.8 Å². The van der Waals surface area contributed by atoms with E-state index in [9.17, 15) is 22.8 Å². The molecular weight excluding hydrogens is 432 g/mol. The molecule has 0 aliphatic heterocycles. The molecule has 11 heteroatoms. The van der Waals surface area contributed by atoms with E-state index in [1.807, 2.05) is 6.92 Å². The number of aryl methyl sites for hydroxylation is 1. The molecule has 2 N–H and O–H groups in total. The lowest BCUT2D eigenvalue weighted by atomic mass is 10.2. The van der Waals surface area contributed by atoms with Crippen molar-refractivity contribution in [2.75, 3.05) is 25.6 Å². The molecule has 1 amide bonds. The predicted molar refractivity (Wildman–Crippen MR) is 111 cm³/mol. The second-order valence-corrected chi connectivity index (χ2v) is 8.91. The van der Waals surface area contributed by atoms with Crippen molar-refractivity contribution in [2.45, 2.75) is 25.2 Å². The molecule has 0 aliphatic carbocycles. The molecule has 0 bridgehead atoms. The molecule has 0 unspecified atom stereocenters. The minimum absolute atomic E-state index is 0.00443. The average Bonchev–Trinajstić information content (AvgIpc) is 3.15. The van der Waals surface area contributed by atoms with Crippen LogP contribution in [-0.2, 0) is 30.7 Å². The van der Waals surface area contributed by atoms with Crippen LogP contribution >= 0.6 is 11.3 Å². The van der Waals surface area contributed by atoms with Gasteiger partial charge in [0.05, 0.1) is 22.6 Å². The van der Waals surface area contributed by atoms with Gasteiger partial charge in [-0.2, -0.15) is 0 Å². The highest BCUT2D eigenvalue weighted by Crippen LogP contribution is 2.29. The summed E-state index contributed by atoms with van der Waals surface area (Å²) in [6.07, 6.45) is 0.682. The molecule has 1 aromatic heterocycles. The van der Waals surface area contributed by atoms with Gasteiger partial charge in [-0.1, -0.05) is 6.92 Å². The van der Waals surface area contributed by atoms with E-state index >= 15 is 0 Å². The Morgan fingerprint density at radius 1 is 1.03 bits per heavy atom. The number of nitrogens with one attached hydrogen (secondary N) is 2. The van der Waals surface area contributed by atoms with E-state index in [-0.39, 0.29) is 22.6 Å². The number of thiophene rings is 1. The standard InChI is InChI=1S/C19H22N2O7S2/c1-4-13-10-15(19(24)27-5-2)17(29-13)21-16(22)11-28-18(23)12-6-8-14(9-7-12)30(25,26)20-3/h6-10,20H,4-5,11H2,1-3H3,(H,21,22). The Labute approximate surface area is 178 Å². The molecule has 0 aliphatic rings. The van der Waals surface area contributed by atoms with Crippen LogP contribution in [0, 0.1) is 0 Å². The van der Waals surface area contributed by atoms with Gasteiger partial charge in [-0.15, -0.1) is 11.3 Å². The summed E-state index contributed by atoms with van der Waals surface area (Å²) in [6.45, 7) is 3.23. The fourth-order valence-corrected chi connectivity index (χ4v) is 4.07. The first-order valence-corrected chi connectivity index (χ1v) is 11.3. The first-order valence-electron chi connectivity index (χ1n) is 9.02. The van der Waals surface area contributed by atoms with Crippen molar-refractivity contribution in [1.29, 1.82) is 0 Å². The molecule has 0 saturated carbocycles. The highest BCUT2D eigenvalue weighted by Gasteiger charge is 2.20. The lowest BCUT2D eigenvalue weighted by molar-refractivity contribution is -0.119. The number of hydrogen-bond acceptors (Lipinski definition) is 8. The van der Waals surface area contributed by atoms with E-state index in [0.717, 1.165) is 4.88 Å². The normalized spacial score (nSPS) is 11.0. The number of anilines is 1. The van der Waals surface area contributed by atoms with Crippen LogP contribution in [0.3, 0.4) is 0 Å². The zero-order valence-electron chi connectivity index (χ0n) is 16.7. The van der Waals surface area contributed by atoms with Crippen LogP contribution in [0.2, 0.25) is 0 Å². The van der Waals surface area contributed by atoms with Gasteiger partial charge in [0.2, 0.25) is 10.0 Å². The summed E-state index contributed by atoms with van der Waals surface area (Å²) in [4.78, 5) is 37.2. The molecule has 1 heterocycles. The Hall–Kier alpha value is -2.76. The summed E-state index contributed by atoms with van der Waals surface area (Å²) < 4.78 is 35.5. The van der Waals surface area contributed by atoms with Crippen molar-refractivity contribution in [1.82, 2.24) is 4.72 Å². The van der Waals surface area contributed by atoms with Crippen molar-refractivity contribution < 1.29 is 32.3 Å². The largest absolute Gasteiger partial charge is 0.462 e. The number of ether oxygens (including phenoxy) is 2. The Morgan fingerprint density at radius 2 is 1.70 bits per heavy atom. The summed E-state index contributed by atoms with van der Waals surface area (Å²) >= 11 is 1.24. The van der Waals surface area contributed by atoms with Gasteiger partial charge in [0, 0.05) is 4.88 Å². The summed E-state index contributed by atoms with van der Waals surface area (Å²) in [5.74, 6) is -1.95. The molecule has 0 atom stereocenters. The van der Waals surface area contributed by atoms with E-state index in [2.05, 4.69) is 10.0 Å². The summed E-state index contributed by atoms with van der Waals surface area (Å²) in [5, 5.41) is 2.89. The lowest BCUT2D eigenvalue weighted by Gasteiger charge is -2.08. The SMILES string of the molecule is CCOC(=O)c1cc(CC)sc1NC(=O)COC(=O)c1ccc(S(=O)(=O)NC)cc1. The minimum Gasteiger partial charge on any atom is -0.462 e. The van der Waals surface area contributed by atoms with E-state index in [1.54, 1.807) is 13.0 Å². The average molecular weight is 455 g/mol. The van der Waals surface area contributed by atoms with E-state index < -0.39 is 34.5 Å². The highest BCUT2D eigenvalue weighted by atomic mass is 32.2. The van der Waals surface area contributed by atoms with Gasteiger partial charge >= 0.3 is 11.9 Å². The molecule has 0 radical (unpaired) electrons. The summed E-state index contributed by atoms with van der Waals surface area (Å²) in [7, 11) is -2.34. The monoisotopic (exact) mass is 454 g/mol. The first kappa shape index (κ1) is 23.5. The first-order chi connectivity index (χ1) is 14.2. The highest BCUT2D eigenvalue weighted by molar-refractivity contribution is 7.89. The molecule has 9 nitrogen and oxygen atoms in total. The predicted octanol–water partition coefficient (Wildman–Crippen LogP) is 2.19. The van der Waals surface area contributed by atoms with Crippen molar-refractivity contribution in [3.63, 3.8) is 0 Å². The molecule has 1 aromatic carbocycles. The van der Waals surface area contributed by atoms with Crippen LogP contribution in [0.4, 0.5) is 5.00 Å². The Bertz CT molecular complexity index is 1030. The molecule has 0 saturated heterocycles. The van der Waals surface area contributed by atoms with Gasteiger partial charge in [-0.05, 0) is 50.7 Å². The van der Waals surface area contributed by atoms with Gasteiger partial charge in [-0.3, -0.25) is 4.79 Å². The Kier molecular flexibility index (Phi) is 8.09. The number of rotatable bonds is 9. The zero-order valence-corrected chi connectivity index (χ0v) is 18.3. The smallest absolute Gasteiger partial charge is 0.341 e. The van der Waals surface area contributed by atoms with Crippen LogP contribution in [0.1, 0.15) is 39.4 Å². The van der Waals surface area contributed by atoms with Crippen LogP contribution < -0.4 is 10.0 Å². The lowest BCUT2D eigenvalue weighted by Crippen LogP contribution is -2.22. The van der Waals surface area contributed by atoms with E-state index in [0.29, 0.717) is 11.4 Å². The number of amides is 1. The molecule has 30 heavy (non-hydrogen) atoms. The topological polar surface area (TPSA) is 128 Å². The van der Waals surface area contributed by atoms with Gasteiger partial charge in [-0.25, -0.2) is 22.7 Å². The second kappa shape index (κ2) is 10.3. The van der Waals surface area contributed by atoms with Gasteiger partial charge in [0.25, 0.3) is 5.91 Å². The maximum Gasteiger partial charge on any atom is 0.341 e. The third kappa shape index (κ3) is 5.88. The third-order valence-electron chi connectivity index (χ3n) is 3.88. The van der Waals surface area contributed by atoms with Crippen LogP contribution in [0.15, 0.2) is 35.2 Å². The number of benzene rings is 1. The summed E-state index contributed by atoms with van der Waals surface area (Å²) in [6, 6.07) is 6.75. The van der Waals surface area contributed by atoms with E-state index in [4.69, 9.17) is 9.47 Å². The maximum absolute atomic E-state index is 12.2. The molecule has 162 valence electrons. The Balaban J connectivity index is 2.00. The molecule has 0 fully saturated rings. The summed E-state index contributed by atoms with van der Waals surface area (Å²) in [5.41, 5.74) is 0.342. The Morgan fingerprint density at radius 3 is 2.27 bits per heavy atom. The fraction of sp³-hybridized carbons (Fsp3) is 0.316. The van der Waals surface area contributed by atoms with Gasteiger partial charge in [0.1, 0.15) is 5.00 Å². The third-order valence-corrected chi connectivity index (χ3v) is 6.51. The van der Waals surface area contributed by atoms with Crippen LogP contribution in [-0.4, -0.2) is 46.5 Å². The zero-order chi connectivity index (χ0) is 22.3. The maximum atomic E-state index is 12.2. The molecule has 2 rings (SSSR count). The fourth-order valence-electron chi connectivity index (χ4n) is 2.33. The number of carbonyl (C=O) groups is 3. The van der Waals surface area contributed by atoms with Gasteiger partial charge in [0.15, 0.2) is 6.61 Å². The van der Waals surface area contributed by atoms with Crippen LogP contribution in [0.5, 0.6) is 0 Å². The van der Waals surface area contributed by atoms with Crippen molar-refractivity contribution in [3.05, 3.63) is 46.3 Å². The molecule has 0 spiro atoms. The van der Waals surface area contributed by atoms with Crippen LogP contribution in [0.25, 0.3) is 0 Å². The number of esters is 2. The molecule has 2 aromatic rings. The van der Waals surface area contributed by atoms with Crippen molar-refractivity contribution >= 4 is 44.2 Å². The number of hydrogen-bond donors (Lipinski definition) is 2. The quantitative estimate of drug-likeness (QED) is 0.556. The molecular formula is C19H22N2O7S2. The number of carbonyl (C=O) groups excluding carboxylic acids is 3. The van der Waals surface area contributed by atoms with Crippen molar-refractivity contribution in [3.8, 4) is 0 Å². The van der Waals surface area contributed by atoms with E-state index in [1.165, 1.54) is 42.6 Å². The van der Waals surface area contributed by atoms with Crippen molar-refractivity contribution in [2.24, 2.45) is 0 Å². The minimum atomic E-state index is -3.62. The second-order valence-electron chi connectivity index (χ2n) is 5.89. The number of sulfonamides is 1.